The topological polar surface area (TPSA) is 92.5 Å². The molecule has 2 aliphatic rings. The quantitative estimate of drug-likeness (QED) is 0.794. The summed E-state index contributed by atoms with van der Waals surface area (Å²) in [7, 11) is -3.73. The highest BCUT2D eigenvalue weighted by Crippen LogP contribution is 2.29. The molecule has 3 rings (SSSR count). The first kappa shape index (κ1) is 19.6. The molecule has 1 amide bonds. The van der Waals surface area contributed by atoms with Crippen LogP contribution in [-0.4, -0.2) is 37.8 Å². The Hall–Kier alpha value is -1.15. The number of halogens is 1. The van der Waals surface area contributed by atoms with Gasteiger partial charge in [0, 0.05) is 36.3 Å². The van der Waals surface area contributed by atoms with Crippen molar-refractivity contribution < 1.29 is 13.2 Å². The Labute approximate surface area is 160 Å². The first-order valence-electron chi connectivity index (χ1n) is 9.21. The van der Waals surface area contributed by atoms with E-state index in [-0.39, 0.29) is 35.9 Å². The Morgan fingerprint density at radius 3 is 2.65 bits per heavy atom. The number of rotatable bonds is 5. The molecule has 1 aromatic rings. The third kappa shape index (κ3) is 4.06. The number of sulfonamides is 1. The van der Waals surface area contributed by atoms with Crippen LogP contribution in [0.1, 0.15) is 44.1 Å². The normalized spacial score (nSPS) is 22.5. The molecule has 26 heavy (non-hydrogen) atoms. The minimum atomic E-state index is -3.73. The predicted octanol–water partition coefficient (Wildman–Crippen LogP) is 2.26. The molecule has 1 saturated carbocycles. The minimum Gasteiger partial charge on any atom is -0.353 e. The molecule has 1 aliphatic carbocycles. The Morgan fingerprint density at radius 1 is 1.23 bits per heavy atom. The van der Waals surface area contributed by atoms with Crippen molar-refractivity contribution in [2.75, 3.05) is 13.1 Å². The van der Waals surface area contributed by atoms with Gasteiger partial charge in [-0.2, -0.15) is 4.31 Å². The molecule has 1 saturated heterocycles. The van der Waals surface area contributed by atoms with Crippen LogP contribution in [0, 0.1) is 5.92 Å². The van der Waals surface area contributed by atoms with E-state index in [1.54, 1.807) is 12.1 Å². The largest absolute Gasteiger partial charge is 0.353 e. The molecule has 0 spiro atoms. The number of carbonyl (C=O) groups is 1. The molecule has 3 N–H and O–H groups in total. The number of carbonyl (C=O) groups excluding carboxylic acids is 1. The maximum atomic E-state index is 13.1. The summed E-state index contributed by atoms with van der Waals surface area (Å²) in [4.78, 5) is 12.7. The van der Waals surface area contributed by atoms with Gasteiger partial charge in [-0.15, -0.1) is 0 Å². The van der Waals surface area contributed by atoms with Crippen LogP contribution in [0.5, 0.6) is 0 Å². The molecule has 0 bridgehead atoms. The number of nitrogens with zero attached hydrogens (tertiary/aromatic N) is 1. The van der Waals surface area contributed by atoms with Gasteiger partial charge >= 0.3 is 0 Å². The standard InChI is InChI=1S/C18H26ClN3O3S/c19-16-8-3-9-17(15(16)11-20)26(24,25)22-10-4-5-13(12-22)18(23)21-14-6-1-2-7-14/h3,8-9,13-14H,1-2,4-7,10-12,20H2,(H,21,23). The van der Waals surface area contributed by atoms with E-state index in [1.807, 2.05) is 0 Å². The molecule has 0 aromatic heterocycles. The zero-order valence-corrected chi connectivity index (χ0v) is 16.4. The van der Waals surface area contributed by atoms with E-state index in [1.165, 1.54) is 10.4 Å². The van der Waals surface area contributed by atoms with Crippen molar-refractivity contribution >= 4 is 27.5 Å². The highest BCUT2D eigenvalue weighted by molar-refractivity contribution is 7.89. The average molecular weight is 400 g/mol. The van der Waals surface area contributed by atoms with Crippen molar-refractivity contribution in [3.05, 3.63) is 28.8 Å². The van der Waals surface area contributed by atoms with Crippen LogP contribution in [0.4, 0.5) is 0 Å². The molecular weight excluding hydrogens is 374 g/mol. The summed E-state index contributed by atoms with van der Waals surface area (Å²) < 4.78 is 27.6. The van der Waals surface area contributed by atoms with Crippen molar-refractivity contribution in [2.45, 2.75) is 56.0 Å². The molecule has 8 heteroatoms. The number of piperidine rings is 1. The van der Waals surface area contributed by atoms with Crippen molar-refractivity contribution in [3.8, 4) is 0 Å². The van der Waals surface area contributed by atoms with Gasteiger partial charge in [-0.25, -0.2) is 8.42 Å². The van der Waals surface area contributed by atoms with Crippen LogP contribution in [0.2, 0.25) is 5.02 Å². The van der Waals surface area contributed by atoms with E-state index in [0.717, 1.165) is 25.7 Å². The Morgan fingerprint density at radius 2 is 1.96 bits per heavy atom. The maximum Gasteiger partial charge on any atom is 0.243 e. The molecule has 2 fully saturated rings. The van der Waals surface area contributed by atoms with Gasteiger partial charge in [-0.05, 0) is 37.8 Å². The highest BCUT2D eigenvalue weighted by Gasteiger charge is 2.35. The zero-order chi connectivity index (χ0) is 18.7. The second-order valence-corrected chi connectivity index (χ2v) is 9.43. The van der Waals surface area contributed by atoms with Crippen molar-refractivity contribution in [1.29, 1.82) is 0 Å². The van der Waals surface area contributed by atoms with Gasteiger partial charge in [0.05, 0.1) is 10.8 Å². The van der Waals surface area contributed by atoms with Gasteiger partial charge in [0.25, 0.3) is 0 Å². The zero-order valence-electron chi connectivity index (χ0n) is 14.8. The van der Waals surface area contributed by atoms with E-state index in [0.29, 0.717) is 30.0 Å². The Balaban J connectivity index is 1.76. The molecule has 1 atom stereocenters. The van der Waals surface area contributed by atoms with E-state index in [2.05, 4.69) is 5.32 Å². The average Bonchev–Trinajstić information content (AvgIpc) is 3.14. The summed E-state index contributed by atoms with van der Waals surface area (Å²) in [6.07, 6.45) is 5.70. The van der Waals surface area contributed by atoms with Crippen LogP contribution < -0.4 is 11.1 Å². The molecule has 0 radical (unpaired) electrons. The van der Waals surface area contributed by atoms with Gasteiger partial charge in [0.1, 0.15) is 0 Å². The summed E-state index contributed by atoms with van der Waals surface area (Å²) >= 11 is 6.12. The van der Waals surface area contributed by atoms with Crippen LogP contribution in [0.3, 0.4) is 0 Å². The van der Waals surface area contributed by atoms with Gasteiger partial charge < -0.3 is 11.1 Å². The number of nitrogens with one attached hydrogen (secondary N) is 1. The van der Waals surface area contributed by atoms with Gasteiger partial charge in [0.15, 0.2) is 0 Å². The fourth-order valence-corrected chi connectivity index (χ4v) is 5.97. The molecule has 1 unspecified atom stereocenters. The van der Waals surface area contributed by atoms with Crippen LogP contribution in [-0.2, 0) is 21.4 Å². The van der Waals surface area contributed by atoms with Crippen molar-refractivity contribution in [3.63, 3.8) is 0 Å². The summed E-state index contributed by atoms with van der Waals surface area (Å²) in [5.74, 6) is -0.332. The first-order valence-corrected chi connectivity index (χ1v) is 11.0. The fraction of sp³-hybridized carbons (Fsp3) is 0.611. The lowest BCUT2D eigenvalue weighted by Crippen LogP contribution is -2.47. The number of benzene rings is 1. The van der Waals surface area contributed by atoms with Crippen LogP contribution >= 0.6 is 11.6 Å². The summed E-state index contributed by atoms with van der Waals surface area (Å²) in [6.45, 7) is 0.664. The van der Waals surface area contributed by atoms with E-state index >= 15 is 0 Å². The lowest BCUT2D eigenvalue weighted by Gasteiger charge is -2.32. The molecule has 1 aromatic carbocycles. The first-order chi connectivity index (χ1) is 12.4. The molecule has 144 valence electrons. The van der Waals surface area contributed by atoms with Crippen LogP contribution in [0.25, 0.3) is 0 Å². The summed E-state index contributed by atoms with van der Waals surface area (Å²) in [5, 5.41) is 3.44. The Kier molecular flexibility index (Phi) is 6.22. The number of amides is 1. The van der Waals surface area contributed by atoms with E-state index in [4.69, 9.17) is 17.3 Å². The highest BCUT2D eigenvalue weighted by atomic mass is 35.5. The van der Waals surface area contributed by atoms with E-state index < -0.39 is 10.0 Å². The molecule has 1 aliphatic heterocycles. The van der Waals surface area contributed by atoms with Gasteiger partial charge in [-0.3, -0.25) is 4.79 Å². The SMILES string of the molecule is NCc1c(Cl)cccc1S(=O)(=O)N1CCCC(C(=O)NC2CCCC2)C1. The van der Waals surface area contributed by atoms with Crippen LogP contribution in [0.15, 0.2) is 23.1 Å². The molecule has 1 heterocycles. The van der Waals surface area contributed by atoms with Gasteiger partial charge in [0.2, 0.25) is 15.9 Å². The molecule has 6 nitrogen and oxygen atoms in total. The monoisotopic (exact) mass is 399 g/mol. The third-order valence-corrected chi connectivity index (χ3v) is 7.66. The summed E-state index contributed by atoms with van der Waals surface area (Å²) in [6, 6.07) is 5.02. The van der Waals surface area contributed by atoms with Crippen molar-refractivity contribution in [2.24, 2.45) is 11.7 Å². The third-order valence-electron chi connectivity index (χ3n) is 5.35. The van der Waals surface area contributed by atoms with E-state index in [9.17, 15) is 13.2 Å². The smallest absolute Gasteiger partial charge is 0.243 e. The Bertz CT molecular complexity index is 763. The fourth-order valence-electron chi connectivity index (χ4n) is 3.88. The second kappa shape index (κ2) is 8.25. The number of hydrogen-bond acceptors (Lipinski definition) is 4. The predicted molar refractivity (Wildman–Crippen MR) is 101 cm³/mol. The minimum absolute atomic E-state index is 0.0260. The molecular formula is C18H26ClN3O3S. The lowest BCUT2D eigenvalue weighted by molar-refractivity contribution is -0.126. The number of hydrogen-bond donors (Lipinski definition) is 2. The lowest BCUT2D eigenvalue weighted by atomic mass is 9.98. The van der Waals surface area contributed by atoms with Gasteiger partial charge in [-0.1, -0.05) is 30.5 Å². The summed E-state index contributed by atoms with van der Waals surface area (Å²) in [5.41, 5.74) is 6.14. The maximum absolute atomic E-state index is 13.1. The second-order valence-electron chi connectivity index (χ2n) is 7.11. The number of nitrogens with two attached hydrogens (primary N) is 1. The van der Waals surface area contributed by atoms with Crippen molar-refractivity contribution in [1.82, 2.24) is 9.62 Å².